The second kappa shape index (κ2) is 8.47. The van der Waals surface area contributed by atoms with Crippen molar-refractivity contribution in [1.82, 2.24) is 14.8 Å². The molecule has 1 aliphatic rings. The first-order valence-corrected chi connectivity index (χ1v) is 10.2. The second-order valence-electron chi connectivity index (χ2n) is 7.65. The Balaban J connectivity index is 1.62. The largest absolute Gasteiger partial charge is 0.326 e. The fourth-order valence-electron chi connectivity index (χ4n) is 3.77. The van der Waals surface area contributed by atoms with Crippen molar-refractivity contribution in [1.29, 1.82) is 0 Å². The van der Waals surface area contributed by atoms with Gasteiger partial charge in [0.25, 0.3) is 0 Å². The molecule has 2 aromatic carbocycles. The predicted octanol–water partition coefficient (Wildman–Crippen LogP) is 4.86. The van der Waals surface area contributed by atoms with Gasteiger partial charge in [-0.05, 0) is 56.0 Å². The minimum atomic E-state index is -0.185. The molecule has 0 bridgehead atoms. The monoisotopic (exact) mass is 389 g/mol. The van der Waals surface area contributed by atoms with Crippen LogP contribution in [0, 0.1) is 13.8 Å². The molecule has 1 N–H and O–H groups in total. The van der Waals surface area contributed by atoms with Crippen LogP contribution in [-0.2, 0) is 19.5 Å². The van der Waals surface area contributed by atoms with Gasteiger partial charge in [-0.3, -0.25) is 4.90 Å². The summed E-state index contributed by atoms with van der Waals surface area (Å²) in [5, 5.41) is 7.72. The van der Waals surface area contributed by atoms with Crippen LogP contribution < -0.4 is 10.2 Å². The van der Waals surface area contributed by atoms with Crippen molar-refractivity contribution in [2.45, 2.75) is 52.6 Å². The zero-order valence-corrected chi connectivity index (χ0v) is 17.1. The van der Waals surface area contributed by atoms with Crippen molar-refractivity contribution in [3.05, 3.63) is 71.3 Å². The minimum absolute atomic E-state index is 0.185. The maximum atomic E-state index is 13.2. The van der Waals surface area contributed by atoms with Crippen molar-refractivity contribution < 1.29 is 4.79 Å². The van der Waals surface area contributed by atoms with E-state index in [-0.39, 0.29) is 6.03 Å². The van der Waals surface area contributed by atoms with E-state index < -0.39 is 0 Å². The Hall–Kier alpha value is -3.15. The number of hydrogen-bond donors (Lipinski definition) is 1. The van der Waals surface area contributed by atoms with Crippen molar-refractivity contribution in [2.24, 2.45) is 0 Å². The quantitative estimate of drug-likeness (QED) is 0.693. The van der Waals surface area contributed by atoms with Crippen LogP contribution in [0.5, 0.6) is 0 Å². The molecule has 0 fully saturated rings. The van der Waals surface area contributed by atoms with Gasteiger partial charge in [0.1, 0.15) is 5.82 Å². The third-order valence-corrected chi connectivity index (χ3v) is 5.28. The molecular weight excluding hydrogens is 362 g/mol. The summed E-state index contributed by atoms with van der Waals surface area (Å²) < 4.78 is 2.01. The van der Waals surface area contributed by atoms with Crippen LogP contribution in [0.15, 0.2) is 48.5 Å². The summed E-state index contributed by atoms with van der Waals surface area (Å²) in [7, 11) is 0. The molecule has 29 heavy (non-hydrogen) atoms. The molecule has 0 spiro atoms. The average molecular weight is 390 g/mol. The molecule has 1 aliphatic heterocycles. The van der Waals surface area contributed by atoms with E-state index in [1.807, 2.05) is 67.1 Å². The first-order chi connectivity index (χ1) is 14.1. The molecule has 6 nitrogen and oxygen atoms in total. The Morgan fingerprint density at radius 1 is 1.10 bits per heavy atom. The van der Waals surface area contributed by atoms with Crippen molar-refractivity contribution in [2.75, 3.05) is 10.2 Å². The highest BCUT2D eigenvalue weighted by molar-refractivity contribution is 6.02. The van der Waals surface area contributed by atoms with Crippen LogP contribution >= 0.6 is 0 Å². The van der Waals surface area contributed by atoms with E-state index in [4.69, 9.17) is 10.1 Å². The molecule has 6 heteroatoms. The van der Waals surface area contributed by atoms with Crippen LogP contribution in [0.4, 0.5) is 16.2 Å². The zero-order chi connectivity index (χ0) is 20.2. The van der Waals surface area contributed by atoms with Crippen LogP contribution in [0.25, 0.3) is 0 Å². The van der Waals surface area contributed by atoms with E-state index >= 15 is 0 Å². The maximum absolute atomic E-state index is 13.2. The minimum Gasteiger partial charge on any atom is -0.308 e. The summed E-state index contributed by atoms with van der Waals surface area (Å²) in [6.45, 7) is 5.26. The first kappa shape index (κ1) is 19.2. The number of aromatic nitrogens is 3. The molecule has 150 valence electrons. The molecule has 0 radical (unpaired) electrons. The summed E-state index contributed by atoms with van der Waals surface area (Å²) in [5.74, 6) is 1.71. The van der Waals surface area contributed by atoms with Gasteiger partial charge in [-0.15, -0.1) is 0 Å². The average Bonchev–Trinajstić information content (AvgIpc) is 2.95. The third kappa shape index (κ3) is 4.47. The smallest absolute Gasteiger partial charge is 0.308 e. The number of carbonyl (C=O) groups excluding carboxylic acids is 1. The predicted molar refractivity (Wildman–Crippen MR) is 115 cm³/mol. The number of anilines is 2. The highest BCUT2D eigenvalue weighted by Gasteiger charge is 2.22. The van der Waals surface area contributed by atoms with Crippen molar-refractivity contribution in [3.8, 4) is 0 Å². The molecule has 0 atom stereocenters. The molecule has 1 aromatic heterocycles. The summed E-state index contributed by atoms with van der Waals surface area (Å²) in [6.07, 6.45) is 4.44. The fraction of sp³-hybridized carbons (Fsp3) is 0.348. The lowest BCUT2D eigenvalue weighted by molar-refractivity contribution is 0.256. The number of rotatable bonds is 4. The number of hydrogen-bond acceptors (Lipinski definition) is 3. The van der Waals surface area contributed by atoms with Gasteiger partial charge in [-0.2, -0.15) is 5.10 Å². The van der Waals surface area contributed by atoms with Crippen LogP contribution in [0.1, 0.15) is 42.0 Å². The topological polar surface area (TPSA) is 63.1 Å². The molecule has 0 saturated heterocycles. The molecule has 0 saturated carbocycles. The maximum Gasteiger partial charge on any atom is 0.326 e. The van der Waals surface area contributed by atoms with Gasteiger partial charge in [0.15, 0.2) is 5.82 Å². The van der Waals surface area contributed by atoms with Crippen molar-refractivity contribution in [3.63, 3.8) is 0 Å². The number of urea groups is 1. The van der Waals surface area contributed by atoms with Gasteiger partial charge in [0, 0.05) is 24.3 Å². The number of carbonyl (C=O) groups is 1. The summed E-state index contributed by atoms with van der Waals surface area (Å²) in [6, 6.07) is 15.5. The van der Waals surface area contributed by atoms with Gasteiger partial charge < -0.3 is 5.32 Å². The lowest BCUT2D eigenvalue weighted by atomic mass is 10.2. The number of aryl methyl sites for hydroxylation is 4. The van der Waals surface area contributed by atoms with Gasteiger partial charge >= 0.3 is 6.03 Å². The van der Waals surface area contributed by atoms with E-state index in [2.05, 4.69) is 5.32 Å². The van der Waals surface area contributed by atoms with Crippen LogP contribution in [0.3, 0.4) is 0 Å². The van der Waals surface area contributed by atoms with E-state index in [0.29, 0.717) is 12.4 Å². The van der Waals surface area contributed by atoms with Crippen LogP contribution in [0.2, 0.25) is 0 Å². The van der Waals surface area contributed by atoms with Crippen LogP contribution in [-0.4, -0.2) is 20.8 Å². The number of nitrogens with one attached hydrogen (secondary N) is 1. The van der Waals surface area contributed by atoms with Gasteiger partial charge in [0.2, 0.25) is 0 Å². The van der Waals surface area contributed by atoms with E-state index in [0.717, 1.165) is 54.1 Å². The number of nitrogens with zero attached hydrogens (tertiary/aromatic N) is 4. The lowest BCUT2D eigenvalue weighted by Gasteiger charge is -2.24. The SMILES string of the molecule is Cc1cccc(NC(=O)N(Cc2nc3n(n2)CCCCC3)c2ccccc2C)c1. The molecule has 3 aromatic rings. The fourth-order valence-corrected chi connectivity index (χ4v) is 3.77. The molecule has 2 heterocycles. The van der Waals surface area contributed by atoms with Gasteiger partial charge in [-0.25, -0.2) is 14.5 Å². The highest BCUT2D eigenvalue weighted by Crippen LogP contribution is 2.23. The molecular formula is C23H27N5O. The Labute approximate surface area is 171 Å². The van der Waals surface area contributed by atoms with E-state index in [1.54, 1.807) is 4.90 Å². The lowest BCUT2D eigenvalue weighted by Crippen LogP contribution is -2.35. The summed E-state index contributed by atoms with van der Waals surface area (Å²) in [5.41, 5.74) is 3.78. The third-order valence-electron chi connectivity index (χ3n) is 5.28. The number of para-hydroxylation sites is 1. The first-order valence-electron chi connectivity index (χ1n) is 10.2. The molecule has 4 rings (SSSR count). The second-order valence-corrected chi connectivity index (χ2v) is 7.65. The number of benzene rings is 2. The molecule has 0 unspecified atom stereocenters. The Bertz CT molecular complexity index is 987. The van der Waals surface area contributed by atoms with Gasteiger partial charge in [0.05, 0.1) is 6.54 Å². The molecule has 0 aliphatic carbocycles. The Morgan fingerprint density at radius 2 is 1.97 bits per heavy atom. The van der Waals surface area contributed by atoms with Gasteiger partial charge in [-0.1, -0.05) is 36.8 Å². The number of fused-ring (bicyclic) bond motifs is 1. The normalized spacial score (nSPS) is 13.4. The van der Waals surface area contributed by atoms with E-state index in [9.17, 15) is 4.79 Å². The standard InChI is InChI=1S/C23H27N5O/c1-17-9-8-11-19(15-17)24-23(29)27(20-12-6-5-10-18(20)2)16-21-25-22-13-4-3-7-14-28(22)26-21/h5-6,8-12,15H,3-4,7,13-14,16H2,1-2H3,(H,24,29). The highest BCUT2D eigenvalue weighted by atomic mass is 16.2. The summed E-state index contributed by atoms with van der Waals surface area (Å²) in [4.78, 5) is 19.7. The van der Waals surface area contributed by atoms with Crippen molar-refractivity contribution >= 4 is 17.4 Å². The summed E-state index contributed by atoms with van der Waals surface area (Å²) >= 11 is 0. The molecule has 2 amide bonds. The Morgan fingerprint density at radius 3 is 2.79 bits per heavy atom. The Kier molecular flexibility index (Phi) is 5.60. The van der Waals surface area contributed by atoms with E-state index in [1.165, 1.54) is 6.42 Å². The zero-order valence-electron chi connectivity index (χ0n) is 17.1. The number of amides is 2.